The van der Waals surface area contributed by atoms with Crippen molar-refractivity contribution in [1.82, 2.24) is 4.98 Å². The summed E-state index contributed by atoms with van der Waals surface area (Å²) in [6, 6.07) is 9.06. The molecule has 0 saturated carbocycles. The number of anilines is 1. The first-order valence-corrected chi connectivity index (χ1v) is 6.74. The van der Waals surface area contributed by atoms with Gasteiger partial charge in [-0.2, -0.15) is 0 Å². The highest BCUT2D eigenvalue weighted by Gasteiger charge is 2.18. The van der Waals surface area contributed by atoms with Crippen molar-refractivity contribution in [2.75, 3.05) is 11.9 Å². The average Bonchev–Trinajstić information content (AvgIpc) is 2.47. The normalized spacial score (nSPS) is 12.2. The predicted molar refractivity (Wildman–Crippen MR) is 80.4 cm³/mol. The minimum Gasteiger partial charge on any atom is -0.350 e. The molecule has 1 atom stereocenters. The first-order valence-electron chi connectivity index (χ1n) is 6.36. The lowest BCUT2D eigenvalue weighted by atomic mass is 10.1. The zero-order valence-corrected chi connectivity index (χ0v) is 12.2. The van der Waals surface area contributed by atoms with Crippen molar-refractivity contribution in [3.63, 3.8) is 0 Å². The maximum absolute atomic E-state index is 14.3. The zero-order chi connectivity index (χ0) is 14.7. The predicted octanol–water partition coefficient (Wildman–Crippen LogP) is 3.53. The second kappa shape index (κ2) is 6.20. The molecule has 0 bridgehead atoms. The third-order valence-electron chi connectivity index (χ3n) is 3.44. The molecule has 1 heterocycles. The van der Waals surface area contributed by atoms with Crippen LogP contribution in [0.5, 0.6) is 0 Å². The SMILES string of the molecule is CC(c1ccc(Cl)cc1)N(C)c1nccc(CN)c1F. The van der Waals surface area contributed by atoms with Gasteiger partial charge in [0.05, 0.1) is 6.04 Å². The fraction of sp³-hybridized carbons (Fsp3) is 0.267. The Bertz CT molecular complexity index is 586. The maximum atomic E-state index is 14.3. The molecule has 1 unspecified atom stereocenters. The van der Waals surface area contributed by atoms with Crippen LogP contribution in [0.15, 0.2) is 36.5 Å². The van der Waals surface area contributed by atoms with Crippen molar-refractivity contribution >= 4 is 17.4 Å². The van der Waals surface area contributed by atoms with Crippen molar-refractivity contribution in [1.29, 1.82) is 0 Å². The van der Waals surface area contributed by atoms with Crippen LogP contribution >= 0.6 is 11.6 Å². The summed E-state index contributed by atoms with van der Waals surface area (Å²) in [5.41, 5.74) is 7.02. The van der Waals surface area contributed by atoms with E-state index < -0.39 is 0 Å². The number of aromatic nitrogens is 1. The molecule has 0 radical (unpaired) electrons. The van der Waals surface area contributed by atoms with Crippen LogP contribution in [0.4, 0.5) is 10.2 Å². The molecule has 1 aromatic carbocycles. The van der Waals surface area contributed by atoms with Gasteiger partial charge >= 0.3 is 0 Å². The molecule has 20 heavy (non-hydrogen) atoms. The Morgan fingerprint density at radius 1 is 1.30 bits per heavy atom. The molecule has 106 valence electrons. The van der Waals surface area contributed by atoms with Gasteiger partial charge in [-0.05, 0) is 30.7 Å². The van der Waals surface area contributed by atoms with E-state index in [0.29, 0.717) is 16.4 Å². The second-order valence-corrected chi connectivity index (χ2v) is 5.09. The highest BCUT2D eigenvalue weighted by atomic mass is 35.5. The topological polar surface area (TPSA) is 42.2 Å². The number of benzene rings is 1. The second-order valence-electron chi connectivity index (χ2n) is 4.65. The summed E-state index contributed by atoms with van der Waals surface area (Å²) < 4.78 is 14.3. The van der Waals surface area contributed by atoms with Crippen LogP contribution in [0.2, 0.25) is 5.02 Å². The summed E-state index contributed by atoms with van der Waals surface area (Å²) in [7, 11) is 1.81. The summed E-state index contributed by atoms with van der Waals surface area (Å²) in [5.74, 6) is -0.0614. The van der Waals surface area contributed by atoms with Crippen molar-refractivity contribution in [3.05, 3.63) is 58.5 Å². The van der Waals surface area contributed by atoms with Crippen LogP contribution in [0.25, 0.3) is 0 Å². The summed E-state index contributed by atoms with van der Waals surface area (Å²) in [4.78, 5) is 5.91. The molecule has 3 nitrogen and oxygen atoms in total. The van der Waals surface area contributed by atoms with Crippen LogP contribution in [0.3, 0.4) is 0 Å². The van der Waals surface area contributed by atoms with E-state index in [-0.39, 0.29) is 18.4 Å². The van der Waals surface area contributed by atoms with Crippen LogP contribution in [0, 0.1) is 5.82 Å². The first-order chi connectivity index (χ1) is 9.54. The number of nitrogens with two attached hydrogens (primary N) is 1. The van der Waals surface area contributed by atoms with Gasteiger partial charge in [0.1, 0.15) is 0 Å². The number of rotatable bonds is 4. The largest absolute Gasteiger partial charge is 0.350 e. The van der Waals surface area contributed by atoms with Gasteiger partial charge in [-0.25, -0.2) is 9.37 Å². The number of halogens is 2. The molecule has 2 N–H and O–H groups in total. The quantitative estimate of drug-likeness (QED) is 0.937. The Balaban J connectivity index is 2.31. The molecule has 0 spiro atoms. The van der Waals surface area contributed by atoms with Crippen molar-refractivity contribution in [3.8, 4) is 0 Å². The smallest absolute Gasteiger partial charge is 0.170 e. The van der Waals surface area contributed by atoms with E-state index in [0.717, 1.165) is 5.56 Å². The summed E-state index contributed by atoms with van der Waals surface area (Å²) in [6.45, 7) is 2.14. The minimum atomic E-state index is -0.363. The van der Waals surface area contributed by atoms with Gasteiger partial charge in [0.25, 0.3) is 0 Å². The highest BCUT2D eigenvalue weighted by molar-refractivity contribution is 6.30. The fourth-order valence-electron chi connectivity index (χ4n) is 2.02. The number of hydrogen-bond donors (Lipinski definition) is 1. The Hall–Kier alpha value is -1.65. The van der Waals surface area contributed by atoms with Crippen molar-refractivity contribution in [2.24, 2.45) is 5.73 Å². The molecule has 0 aliphatic rings. The standard InChI is InChI=1S/C15H17ClFN3/c1-10(11-3-5-13(16)6-4-11)20(2)15-14(17)12(9-18)7-8-19-15/h3-8,10H,9,18H2,1-2H3. The molecule has 0 aliphatic heterocycles. The van der Waals surface area contributed by atoms with Crippen LogP contribution < -0.4 is 10.6 Å². The lowest BCUT2D eigenvalue weighted by Gasteiger charge is -2.27. The van der Waals surface area contributed by atoms with E-state index >= 15 is 0 Å². The van der Waals surface area contributed by atoms with E-state index in [2.05, 4.69) is 4.98 Å². The summed E-state index contributed by atoms with van der Waals surface area (Å²) in [6.07, 6.45) is 1.58. The summed E-state index contributed by atoms with van der Waals surface area (Å²) in [5, 5.41) is 0.679. The van der Waals surface area contributed by atoms with E-state index in [4.69, 9.17) is 17.3 Å². The Morgan fingerprint density at radius 2 is 1.95 bits per heavy atom. The number of pyridine rings is 1. The number of nitrogens with zero attached hydrogens (tertiary/aromatic N) is 2. The zero-order valence-electron chi connectivity index (χ0n) is 11.5. The Morgan fingerprint density at radius 3 is 2.55 bits per heavy atom. The fourth-order valence-corrected chi connectivity index (χ4v) is 2.15. The van der Waals surface area contributed by atoms with Gasteiger partial charge in [-0.1, -0.05) is 23.7 Å². The molecule has 5 heteroatoms. The van der Waals surface area contributed by atoms with Gasteiger partial charge in [-0.15, -0.1) is 0 Å². The first kappa shape index (κ1) is 14.8. The van der Waals surface area contributed by atoms with Crippen LogP contribution in [0.1, 0.15) is 24.1 Å². The molecular formula is C15H17ClFN3. The van der Waals surface area contributed by atoms with Crippen molar-refractivity contribution < 1.29 is 4.39 Å². The van der Waals surface area contributed by atoms with E-state index in [1.54, 1.807) is 17.2 Å². The van der Waals surface area contributed by atoms with Crippen LogP contribution in [-0.4, -0.2) is 12.0 Å². The lowest BCUT2D eigenvalue weighted by Crippen LogP contribution is -2.24. The third-order valence-corrected chi connectivity index (χ3v) is 3.69. The van der Waals surface area contributed by atoms with Crippen LogP contribution in [-0.2, 0) is 6.54 Å². The molecule has 0 saturated heterocycles. The molecule has 2 rings (SSSR count). The maximum Gasteiger partial charge on any atom is 0.170 e. The molecular weight excluding hydrogens is 277 g/mol. The van der Waals surface area contributed by atoms with E-state index in [9.17, 15) is 4.39 Å². The monoisotopic (exact) mass is 293 g/mol. The number of hydrogen-bond acceptors (Lipinski definition) is 3. The molecule has 2 aromatic rings. The van der Waals surface area contributed by atoms with Gasteiger partial charge in [-0.3, -0.25) is 0 Å². The van der Waals surface area contributed by atoms with Gasteiger partial charge in [0.15, 0.2) is 11.6 Å². The Labute approximate surface area is 123 Å². The van der Waals surface area contributed by atoms with Gasteiger partial charge < -0.3 is 10.6 Å². The van der Waals surface area contributed by atoms with Crippen molar-refractivity contribution in [2.45, 2.75) is 19.5 Å². The van der Waals surface area contributed by atoms with E-state index in [1.165, 1.54) is 0 Å². The highest BCUT2D eigenvalue weighted by Crippen LogP contribution is 2.27. The third kappa shape index (κ3) is 2.92. The lowest BCUT2D eigenvalue weighted by molar-refractivity contribution is 0.588. The molecule has 0 amide bonds. The molecule has 0 fully saturated rings. The minimum absolute atomic E-state index is 0.0257. The molecule has 1 aromatic heterocycles. The Kier molecular flexibility index (Phi) is 4.57. The molecule has 0 aliphatic carbocycles. The summed E-state index contributed by atoms with van der Waals surface area (Å²) >= 11 is 5.88. The van der Waals surface area contributed by atoms with E-state index in [1.807, 2.05) is 38.2 Å². The average molecular weight is 294 g/mol. The van der Waals surface area contributed by atoms with Gasteiger partial charge in [0.2, 0.25) is 0 Å². The van der Waals surface area contributed by atoms with Gasteiger partial charge in [0, 0.05) is 30.4 Å².